The van der Waals surface area contributed by atoms with Crippen molar-refractivity contribution in [3.8, 4) is 0 Å². The number of carbonyl (C=O) groups is 1. The number of nitrogens with one attached hydrogen (secondary N) is 2. The minimum Gasteiger partial charge on any atom is -0.376 e. The van der Waals surface area contributed by atoms with Gasteiger partial charge >= 0.3 is 6.18 Å². The van der Waals surface area contributed by atoms with Crippen LogP contribution in [0.15, 0.2) is 66.7 Å². The highest BCUT2D eigenvalue weighted by atomic mass is 19.4. The van der Waals surface area contributed by atoms with Gasteiger partial charge in [-0.1, -0.05) is 36.4 Å². The summed E-state index contributed by atoms with van der Waals surface area (Å²) in [6, 6.07) is 17.8. The number of hydrogen-bond donors (Lipinski definition) is 2. The summed E-state index contributed by atoms with van der Waals surface area (Å²) in [7, 11) is 0. The van der Waals surface area contributed by atoms with E-state index in [0.717, 1.165) is 28.6 Å². The Morgan fingerprint density at radius 1 is 0.880 bits per heavy atom. The average molecular weight is 344 g/mol. The minimum absolute atomic E-state index is 0.00896. The highest BCUT2D eigenvalue weighted by molar-refractivity contribution is 5.97. The van der Waals surface area contributed by atoms with Crippen LogP contribution in [0.1, 0.15) is 5.56 Å². The van der Waals surface area contributed by atoms with E-state index in [2.05, 4.69) is 10.6 Å². The summed E-state index contributed by atoms with van der Waals surface area (Å²) in [5, 5.41) is 7.67. The van der Waals surface area contributed by atoms with Crippen molar-refractivity contribution < 1.29 is 18.0 Å². The number of carbonyl (C=O) groups excluding carboxylic acids is 1. The van der Waals surface area contributed by atoms with E-state index in [0.29, 0.717) is 5.69 Å². The molecule has 0 aliphatic carbocycles. The van der Waals surface area contributed by atoms with Gasteiger partial charge in [0.25, 0.3) is 0 Å². The quantitative estimate of drug-likeness (QED) is 0.706. The smallest absolute Gasteiger partial charge is 0.376 e. The Bertz CT molecular complexity index is 884. The van der Waals surface area contributed by atoms with E-state index in [-0.39, 0.29) is 12.5 Å². The molecule has 0 fully saturated rings. The number of anilines is 2. The van der Waals surface area contributed by atoms with Crippen LogP contribution < -0.4 is 10.6 Å². The van der Waals surface area contributed by atoms with Crippen molar-refractivity contribution >= 4 is 28.1 Å². The van der Waals surface area contributed by atoms with Crippen LogP contribution in [0.3, 0.4) is 0 Å². The van der Waals surface area contributed by atoms with Gasteiger partial charge in [-0.05, 0) is 35.7 Å². The Hall–Kier alpha value is -3.02. The van der Waals surface area contributed by atoms with Gasteiger partial charge in [0.15, 0.2) is 0 Å². The van der Waals surface area contributed by atoms with E-state index in [1.54, 1.807) is 0 Å². The fourth-order valence-electron chi connectivity index (χ4n) is 2.50. The Balaban J connectivity index is 1.63. The third-order valence-corrected chi connectivity index (χ3v) is 3.73. The predicted octanol–water partition coefficient (Wildman–Crippen LogP) is 4.91. The zero-order chi connectivity index (χ0) is 17.9. The Morgan fingerprint density at radius 3 is 2.28 bits per heavy atom. The van der Waals surface area contributed by atoms with Gasteiger partial charge in [-0.3, -0.25) is 4.79 Å². The summed E-state index contributed by atoms with van der Waals surface area (Å²) in [6.45, 7) is 0.00896. The minimum atomic E-state index is -4.39. The largest absolute Gasteiger partial charge is 0.416 e. The monoisotopic (exact) mass is 344 g/mol. The molecule has 6 heteroatoms. The summed E-state index contributed by atoms with van der Waals surface area (Å²) >= 11 is 0. The molecule has 0 bridgehead atoms. The molecule has 2 N–H and O–H groups in total. The summed E-state index contributed by atoms with van der Waals surface area (Å²) in [6.07, 6.45) is -4.39. The molecule has 0 aliphatic heterocycles. The fraction of sp³-hybridized carbons (Fsp3) is 0.105. The molecule has 3 aromatic rings. The lowest BCUT2D eigenvalue weighted by atomic mass is 10.1. The van der Waals surface area contributed by atoms with E-state index < -0.39 is 11.7 Å². The maximum Gasteiger partial charge on any atom is 0.416 e. The molecule has 0 spiro atoms. The molecular weight excluding hydrogens is 329 g/mol. The number of rotatable bonds is 4. The first kappa shape index (κ1) is 16.8. The zero-order valence-electron chi connectivity index (χ0n) is 13.1. The molecule has 0 aliphatic rings. The van der Waals surface area contributed by atoms with E-state index in [1.807, 2.05) is 42.5 Å². The molecule has 0 unspecified atom stereocenters. The predicted molar refractivity (Wildman–Crippen MR) is 92.5 cm³/mol. The first-order valence-corrected chi connectivity index (χ1v) is 7.62. The highest BCUT2D eigenvalue weighted by Crippen LogP contribution is 2.29. The van der Waals surface area contributed by atoms with Crippen LogP contribution in [0.2, 0.25) is 0 Å². The topological polar surface area (TPSA) is 41.1 Å². The third kappa shape index (κ3) is 4.09. The summed E-state index contributed by atoms with van der Waals surface area (Å²) < 4.78 is 37.6. The Kier molecular flexibility index (Phi) is 4.61. The lowest BCUT2D eigenvalue weighted by molar-refractivity contribution is -0.137. The van der Waals surface area contributed by atoms with E-state index in [1.165, 1.54) is 12.1 Å². The lowest BCUT2D eigenvalue weighted by Gasteiger charge is -2.11. The fourth-order valence-corrected chi connectivity index (χ4v) is 2.50. The number of benzene rings is 3. The molecule has 0 aromatic heterocycles. The Morgan fingerprint density at radius 2 is 1.56 bits per heavy atom. The first-order valence-electron chi connectivity index (χ1n) is 7.62. The number of fused-ring (bicyclic) bond motifs is 1. The van der Waals surface area contributed by atoms with Crippen LogP contribution in [0.25, 0.3) is 10.8 Å². The molecule has 3 nitrogen and oxygen atoms in total. The molecule has 3 rings (SSSR count). The number of hydrogen-bond acceptors (Lipinski definition) is 2. The standard InChI is InChI=1S/C19H15F3N2O/c20-19(21,22)14-8-10-15(11-9-14)24-18(25)12-23-17-7-3-5-13-4-1-2-6-16(13)17/h1-11,23H,12H2,(H,24,25). The zero-order valence-corrected chi connectivity index (χ0v) is 13.1. The van der Waals surface area contributed by atoms with Gasteiger partial charge in [0.05, 0.1) is 12.1 Å². The van der Waals surface area contributed by atoms with E-state index in [9.17, 15) is 18.0 Å². The van der Waals surface area contributed by atoms with Crippen molar-refractivity contribution in [1.29, 1.82) is 0 Å². The van der Waals surface area contributed by atoms with E-state index in [4.69, 9.17) is 0 Å². The summed E-state index contributed by atoms with van der Waals surface area (Å²) in [5.41, 5.74) is 0.387. The van der Waals surface area contributed by atoms with Crippen LogP contribution >= 0.6 is 0 Å². The van der Waals surface area contributed by atoms with Gasteiger partial charge in [-0.15, -0.1) is 0 Å². The van der Waals surface area contributed by atoms with Crippen LogP contribution in [0.4, 0.5) is 24.5 Å². The number of halogens is 3. The van der Waals surface area contributed by atoms with Crippen molar-refractivity contribution in [2.45, 2.75) is 6.18 Å². The van der Waals surface area contributed by atoms with Crippen molar-refractivity contribution in [2.24, 2.45) is 0 Å². The molecule has 0 radical (unpaired) electrons. The van der Waals surface area contributed by atoms with Crippen LogP contribution in [0, 0.1) is 0 Å². The maximum atomic E-state index is 12.5. The Labute approximate surface area is 142 Å². The first-order chi connectivity index (χ1) is 11.9. The van der Waals surface area contributed by atoms with Gasteiger partial charge in [-0.25, -0.2) is 0 Å². The normalized spacial score (nSPS) is 11.3. The van der Waals surface area contributed by atoms with Crippen molar-refractivity contribution in [3.05, 3.63) is 72.3 Å². The van der Waals surface area contributed by atoms with Gasteiger partial charge in [-0.2, -0.15) is 13.2 Å². The molecular formula is C19H15F3N2O. The molecule has 0 saturated carbocycles. The molecule has 25 heavy (non-hydrogen) atoms. The second-order valence-electron chi connectivity index (χ2n) is 5.50. The highest BCUT2D eigenvalue weighted by Gasteiger charge is 2.29. The molecule has 1 amide bonds. The molecule has 0 heterocycles. The van der Waals surface area contributed by atoms with E-state index >= 15 is 0 Å². The van der Waals surface area contributed by atoms with Gasteiger partial charge in [0.2, 0.25) is 5.91 Å². The van der Waals surface area contributed by atoms with Gasteiger partial charge < -0.3 is 10.6 Å². The summed E-state index contributed by atoms with van der Waals surface area (Å²) in [5.74, 6) is -0.340. The SMILES string of the molecule is O=C(CNc1cccc2ccccc12)Nc1ccc(C(F)(F)F)cc1. The second kappa shape index (κ2) is 6.84. The maximum absolute atomic E-state index is 12.5. The molecule has 0 atom stereocenters. The van der Waals surface area contributed by atoms with Crippen LogP contribution in [-0.2, 0) is 11.0 Å². The van der Waals surface area contributed by atoms with Gasteiger partial charge in [0.1, 0.15) is 0 Å². The second-order valence-corrected chi connectivity index (χ2v) is 5.50. The van der Waals surface area contributed by atoms with Crippen molar-refractivity contribution in [3.63, 3.8) is 0 Å². The van der Waals surface area contributed by atoms with Crippen molar-refractivity contribution in [1.82, 2.24) is 0 Å². The molecule has 128 valence electrons. The molecule has 3 aromatic carbocycles. The van der Waals surface area contributed by atoms with Crippen LogP contribution in [0.5, 0.6) is 0 Å². The average Bonchev–Trinajstić information content (AvgIpc) is 2.59. The summed E-state index contributed by atoms with van der Waals surface area (Å²) in [4.78, 5) is 12.0. The van der Waals surface area contributed by atoms with Crippen LogP contribution in [-0.4, -0.2) is 12.5 Å². The number of alkyl halides is 3. The van der Waals surface area contributed by atoms with Gasteiger partial charge in [0, 0.05) is 16.8 Å². The lowest BCUT2D eigenvalue weighted by Crippen LogP contribution is -2.21. The van der Waals surface area contributed by atoms with Crippen molar-refractivity contribution in [2.75, 3.05) is 17.2 Å². The number of amides is 1. The third-order valence-electron chi connectivity index (χ3n) is 3.73. The molecule has 0 saturated heterocycles.